The Morgan fingerprint density at radius 3 is 2.55 bits per heavy atom. The van der Waals surface area contributed by atoms with Crippen molar-refractivity contribution in [1.29, 1.82) is 0 Å². The average molecular weight is 284 g/mol. The fourth-order valence-electron chi connectivity index (χ4n) is 3.15. The summed E-state index contributed by atoms with van der Waals surface area (Å²) in [5, 5.41) is 3.80. The van der Waals surface area contributed by atoms with Gasteiger partial charge in [0, 0.05) is 51.0 Å². The Morgan fingerprint density at radius 2 is 1.90 bits per heavy atom. The van der Waals surface area contributed by atoms with Gasteiger partial charge in [-0.25, -0.2) is 0 Å². The largest absolute Gasteiger partial charge is 0.385 e. The summed E-state index contributed by atoms with van der Waals surface area (Å²) in [4.78, 5) is 2.61. The van der Waals surface area contributed by atoms with E-state index < -0.39 is 0 Å². The molecule has 1 heterocycles. The summed E-state index contributed by atoms with van der Waals surface area (Å²) in [7, 11) is 1.74. The Bertz CT molecular complexity index is 305. The number of nitrogens with zero attached hydrogens (tertiary/aromatic N) is 1. The summed E-state index contributed by atoms with van der Waals surface area (Å²) in [6.07, 6.45) is 3.78. The van der Waals surface area contributed by atoms with E-state index in [0.717, 1.165) is 51.8 Å². The van der Waals surface area contributed by atoms with Gasteiger partial charge in [-0.05, 0) is 46.0 Å². The average Bonchev–Trinajstić information content (AvgIpc) is 3.23. The van der Waals surface area contributed by atoms with Gasteiger partial charge in [-0.2, -0.15) is 0 Å². The first-order valence-electron chi connectivity index (χ1n) is 8.05. The van der Waals surface area contributed by atoms with Crippen molar-refractivity contribution in [2.75, 3.05) is 46.6 Å². The van der Waals surface area contributed by atoms with Crippen molar-refractivity contribution >= 4 is 0 Å². The molecule has 1 atom stereocenters. The molecule has 0 aromatic carbocycles. The Hall–Kier alpha value is -0.160. The van der Waals surface area contributed by atoms with Gasteiger partial charge in [0.1, 0.15) is 0 Å². The van der Waals surface area contributed by atoms with Crippen LogP contribution in [0.5, 0.6) is 0 Å². The van der Waals surface area contributed by atoms with Crippen LogP contribution in [0.15, 0.2) is 0 Å². The summed E-state index contributed by atoms with van der Waals surface area (Å²) >= 11 is 0. The minimum Gasteiger partial charge on any atom is -0.385 e. The third kappa shape index (κ3) is 4.17. The lowest BCUT2D eigenvalue weighted by Crippen LogP contribution is -2.68. The molecule has 20 heavy (non-hydrogen) atoms. The lowest BCUT2D eigenvalue weighted by Gasteiger charge is -2.51. The number of hydrogen-bond donors (Lipinski definition) is 1. The van der Waals surface area contributed by atoms with Crippen LogP contribution in [0.4, 0.5) is 0 Å². The van der Waals surface area contributed by atoms with Gasteiger partial charge >= 0.3 is 0 Å². The van der Waals surface area contributed by atoms with Crippen LogP contribution in [0, 0.1) is 5.92 Å². The van der Waals surface area contributed by atoms with Crippen molar-refractivity contribution in [3.05, 3.63) is 0 Å². The molecular formula is C16H32N2O2. The van der Waals surface area contributed by atoms with Gasteiger partial charge in [-0.3, -0.25) is 4.90 Å². The fraction of sp³-hybridized carbons (Fsp3) is 1.00. The monoisotopic (exact) mass is 284 g/mol. The van der Waals surface area contributed by atoms with E-state index >= 15 is 0 Å². The van der Waals surface area contributed by atoms with Gasteiger partial charge in [0.05, 0.1) is 6.61 Å². The summed E-state index contributed by atoms with van der Waals surface area (Å²) in [5.74, 6) is 0.878. The molecular weight excluding hydrogens is 252 g/mol. The van der Waals surface area contributed by atoms with Crippen LogP contribution in [0.3, 0.4) is 0 Å². The number of hydrogen-bond acceptors (Lipinski definition) is 4. The van der Waals surface area contributed by atoms with Gasteiger partial charge in [-0.1, -0.05) is 0 Å². The normalized spacial score (nSPS) is 30.6. The summed E-state index contributed by atoms with van der Waals surface area (Å²) < 4.78 is 10.8. The Labute approximate surface area is 124 Å². The maximum Gasteiger partial charge on any atom is 0.0593 e. The molecule has 2 aliphatic rings. The molecule has 4 nitrogen and oxygen atoms in total. The van der Waals surface area contributed by atoms with Crippen molar-refractivity contribution in [3.8, 4) is 0 Å². The maximum absolute atomic E-state index is 5.73. The van der Waals surface area contributed by atoms with Crippen LogP contribution in [0.1, 0.15) is 40.0 Å². The Morgan fingerprint density at radius 1 is 1.15 bits per heavy atom. The molecule has 2 rings (SSSR count). The highest BCUT2D eigenvalue weighted by molar-refractivity contribution is 5.06. The van der Waals surface area contributed by atoms with Crippen LogP contribution in [-0.4, -0.2) is 62.5 Å². The zero-order valence-corrected chi connectivity index (χ0v) is 13.7. The molecule has 4 heteroatoms. The zero-order chi connectivity index (χ0) is 14.6. The summed E-state index contributed by atoms with van der Waals surface area (Å²) in [6.45, 7) is 12.7. The minimum atomic E-state index is 0.226. The maximum atomic E-state index is 5.73. The second-order valence-electron chi connectivity index (χ2n) is 7.24. The Kier molecular flexibility index (Phi) is 5.46. The van der Waals surface area contributed by atoms with Gasteiger partial charge in [-0.15, -0.1) is 0 Å². The van der Waals surface area contributed by atoms with E-state index in [2.05, 4.69) is 31.0 Å². The zero-order valence-electron chi connectivity index (χ0n) is 13.7. The van der Waals surface area contributed by atoms with Gasteiger partial charge in [0.2, 0.25) is 0 Å². The van der Waals surface area contributed by atoms with Crippen molar-refractivity contribution in [2.45, 2.75) is 51.1 Å². The first kappa shape index (κ1) is 16.2. The summed E-state index contributed by atoms with van der Waals surface area (Å²) in [6, 6.07) is 0. The van der Waals surface area contributed by atoms with Crippen molar-refractivity contribution in [2.24, 2.45) is 5.92 Å². The molecule has 1 saturated heterocycles. The molecule has 1 aliphatic carbocycles. The van der Waals surface area contributed by atoms with Crippen LogP contribution in [0.25, 0.3) is 0 Å². The van der Waals surface area contributed by atoms with E-state index in [9.17, 15) is 0 Å². The van der Waals surface area contributed by atoms with E-state index in [0.29, 0.717) is 5.54 Å². The molecule has 0 radical (unpaired) electrons. The molecule has 0 aromatic heterocycles. The molecule has 1 unspecified atom stereocenters. The number of methoxy groups -OCH3 is 1. The highest BCUT2D eigenvalue weighted by Gasteiger charge is 2.47. The van der Waals surface area contributed by atoms with Crippen LogP contribution in [0.2, 0.25) is 0 Å². The molecule has 1 N–H and O–H groups in total. The number of piperazine rings is 1. The van der Waals surface area contributed by atoms with Crippen molar-refractivity contribution < 1.29 is 9.47 Å². The molecule has 0 aromatic rings. The third-order valence-electron chi connectivity index (χ3n) is 4.92. The molecule has 0 amide bonds. The van der Waals surface area contributed by atoms with Crippen LogP contribution < -0.4 is 5.32 Å². The standard InChI is InChI=1S/C16H32N2O2/c1-15(2)12-17-16(3,14-6-7-14)13-18(15)8-11-20-10-5-9-19-4/h14,17H,5-13H2,1-4H3. The lowest BCUT2D eigenvalue weighted by molar-refractivity contribution is -0.00159. The SMILES string of the molecule is COCCCOCCN1CC(C)(C2CC2)NCC1(C)C. The van der Waals surface area contributed by atoms with E-state index in [1.807, 2.05) is 0 Å². The molecule has 0 bridgehead atoms. The lowest BCUT2D eigenvalue weighted by atomic mass is 9.86. The predicted octanol–water partition coefficient (Wildman–Crippen LogP) is 1.89. The van der Waals surface area contributed by atoms with Gasteiger partial charge in [0.15, 0.2) is 0 Å². The van der Waals surface area contributed by atoms with Crippen molar-refractivity contribution in [3.63, 3.8) is 0 Å². The molecule has 1 saturated carbocycles. The smallest absolute Gasteiger partial charge is 0.0593 e. The van der Waals surface area contributed by atoms with Crippen LogP contribution in [-0.2, 0) is 9.47 Å². The summed E-state index contributed by atoms with van der Waals surface area (Å²) in [5.41, 5.74) is 0.538. The van der Waals surface area contributed by atoms with Gasteiger partial charge in [0.25, 0.3) is 0 Å². The quantitative estimate of drug-likeness (QED) is 0.690. The number of rotatable bonds is 8. The third-order valence-corrected chi connectivity index (χ3v) is 4.92. The molecule has 1 aliphatic heterocycles. The van der Waals surface area contributed by atoms with Crippen LogP contribution >= 0.6 is 0 Å². The van der Waals surface area contributed by atoms with E-state index in [1.165, 1.54) is 12.8 Å². The van der Waals surface area contributed by atoms with E-state index in [4.69, 9.17) is 9.47 Å². The minimum absolute atomic E-state index is 0.226. The second kappa shape index (κ2) is 6.73. The van der Waals surface area contributed by atoms with E-state index in [-0.39, 0.29) is 5.54 Å². The highest BCUT2D eigenvalue weighted by atomic mass is 16.5. The number of ether oxygens (including phenoxy) is 2. The molecule has 0 spiro atoms. The second-order valence-corrected chi connectivity index (χ2v) is 7.24. The van der Waals surface area contributed by atoms with Crippen molar-refractivity contribution in [1.82, 2.24) is 10.2 Å². The highest BCUT2D eigenvalue weighted by Crippen LogP contribution is 2.42. The predicted molar refractivity (Wildman–Crippen MR) is 82.1 cm³/mol. The Balaban J connectivity index is 1.75. The molecule has 118 valence electrons. The fourth-order valence-corrected chi connectivity index (χ4v) is 3.15. The first-order chi connectivity index (χ1) is 9.48. The van der Waals surface area contributed by atoms with Gasteiger partial charge < -0.3 is 14.8 Å². The topological polar surface area (TPSA) is 33.7 Å². The molecule has 2 fully saturated rings. The number of nitrogens with one attached hydrogen (secondary N) is 1. The van der Waals surface area contributed by atoms with E-state index in [1.54, 1.807) is 7.11 Å². The first-order valence-corrected chi connectivity index (χ1v) is 8.05.